The molecule has 0 aliphatic carbocycles. The molecule has 1 aliphatic rings. The van der Waals surface area contributed by atoms with Gasteiger partial charge in [0.15, 0.2) is 0 Å². The first-order valence-corrected chi connectivity index (χ1v) is 7.02. The highest BCUT2D eigenvalue weighted by atomic mass is 32.2. The zero-order valence-corrected chi connectivity index (χ0v) is 11.3. The van der Waals surface area contributed by atoms with Crippen LogP contribution in [0.3, 0.4) is 0 Å². The number of hydrogen-bond acceptors (Lipinski definition) is 4. The van der Waals surface area contributed by atoms with Crippen LogP contribution in [0.15, 0.2) is 0 Å². The summed E-state index contributed by atoms with van der Waals surface area (Å²) in [7, 11) is 6.54. The molecule has 3 nitrogen and oxygen atoms in total. The molecule has 0 spiro atoms. The van der Waals surface area contributed by atoms with Crippen molar-refractivity contribution in [2.75, 3.05) is 53.6 Å². The van der Waals surface area contributed by atoms with E-state index < -0.39 is 0 Å². The Bertz CT molecular complexity index is 175. The second-order valence-electron chi connectivity index (χ2n) is 4.64. The molecule has 0 aromatic heterocycles. The van der Waals surface area contributed by atoms with Crippen LogP contribution in [-0.4, -0.2) is 74.7 Å². The lowest BCUT2D eigenvalue weighted by Gasteiger charge is -2.28. The second-order valence-corrected chi connectivity index (χ2v) is 5.71. The summed E-state index contributed by atoms with van der Waals surface area (Å²) in [5.41, 5.74) is 0. The third-order valence-corrected chi connectivity index (χ3v) is 4.20. The Balaban J connectivity index is 2.23. The quantitative estimate of drug-likeness (QED) is 0.720. The fraction of sp³-hybridized carbons (Fsp3) is 1.00. The molecule has 1 N–H and O–H groups in total. The van der Waals surface area contributed by atoms with Gasteiger partial charge in [-0.25, -0.2) is 0 Å². The van der Waals surface area contributed by atoms with E-state index in [1.165, 1.54) is 26.1 Å². The van der Waals surface area contributed by atoms with E-state index in [1.807, 2.05) is 11.8 Å². The summed E-state index contributed by atoms with van der Waals surface area (Å²) in [4.78, 5) is 4.78. The minimum atomic E-state index is 0.724. The lowest BCUT2D eigenvalue weighted by atomic mass is 10.2. The van der Waals surface area contributed by atoms with E-state index in [0.717, 1.165) is 17.8 Å². The maximum atomic E-state index is 3.48. The molecule has 0 bridgehead atoms. The Kier molecular flexibility index (Phi) is 5.97. The molecule has 90 valence electrons. The molecular formula is C11H25N3S. The molecule has 0 saturated carbocycles. The molecule has 4 heteroatoms. The first kappa shape index (κ1) is 13.3. The predicted octanol–water partition coefficient (Wildman–Crippen LogP) is 0.573. The van der Waals surface area contributed by atoms with E-state index in [9.17, 15) is 0 Å². The number of rotatable bonds is 6. The van der Waals surface area contributed by atoms with E-state index in [1.54, 1.807) is 0 Å². The minimum Gasteiger partial charge on any atom is -0.314 e. The van der Waals surface area contributed by atoms with Crippen molar-refractivity contribution in [3.8, 4) is 0 Å². The van der Waals surface area contributed by atoms with Crippen LogP contribution in [0.5, 0.6) is 0 Å². The summed E-state index contributed by atoms with van der Waals surface area (Å²) in [6, 6.07) is 0.724. The summed E-state index contributed by atoms with van der Waals surface area (Å²) in [6.07, 6.45) is 3.49. The highest BCUT2D eigenvalue weighted by Gasteiger charge is 2.28. The van der Waals surface area contributed by atoms with Crippen molar-refractivity contribution in [1.82, 2.24) is 15.1 Å². The second kappa shape index (κ2) is 6.74. The minimum absolute atomic E-state index is 0.724. The van der Waals surface area contributed by atoms with Crippen LogP contribution in [-0.2, 0) is 0 Å². The zero-order valence-electron chi connectivity index (χ0n) is 10.5. The van der Waals surface area contributed by atoms with Crippen LogP contribution in [0, 0.1) is 0 Å². The van der Waals surface area contributed by atoms with Crippen molar-refractivity contribution in [3.63, 3.8) is 0 Å². The third-order valence-electron chi connectivity index (χ3n) is 3.11. The van der Waals surface area contributed by atoms with Gasteiger partial charge in [0.1, 0.15) is 0 Å². The number of nitrogens with zero attached hydrogens (tertiary/aromatic N) is 2. The highest BCUT2D eigenvalue weighted by molar-refractivity contribution is 7.99. The van der Waals surface area contributed by atoms with Gasteiger partial charge in [0.2, 0.25) is 0 Å². The Morgan fingerprint density at radius 1 is 1.20 bits per heavy atom. The smallest absolute Gasteiger partial charge is 0.0348 e. The standard InChI is InChI=1S/C11H25N3S/c1-13(2)6-5-7-14(3)10-8-12-9-11(10)15-4/h10-12H,5-9H2,1-4H3. The molecule has 0 radical (unpaired) electrons. The first-order valence-electron chi connectivity index (χ1n) is 5.73. The average molecular weight is 231 g/mol. The molecule has 15 heavy (non-hydrogen) atoms. The fourth-order valence-electron chi connectivity index (χ4n) is 2.12. The van der Waals surface area contributed by atoms with Crippen LogP contribution in [0.2, 0.25) is 0 Å². The van der Waals surface area contributed by atoms with Gasteiger partial charge in [-0.15, -0.1) is 0 Å². The lowest BCUT2D eigenvalue weighted by molar-refractivity contribution is 0.245. The highest BCUT2D eigenvalue weighted by Crippen LogP contribution is 2.19. The van der Waals surface area contributed by atoms with Crippen LogP contribution >= 0.6 is 11.8 Å². The van der Waals surface area contributed by atoms with Crippen molar-refractivity contribution in [3.05, 3.63) is 0 Å². The summed E-state index contributed by atoms with van der Waals surface area (Å²) in [5, 5.41) is 4.25. The molecule has 0 amide bonds. The van der Waals surface area contributed by atoms with Crippen molar-refractivity contribution >= 4 is 11.8 Å². The van der Waals surface area contributed by atoms with Crippen molar-refractivity contribution < 1.29 is 0 Å². The Morgan fingerprint density at radius 2 is 1.93 bits per heavy atom. The number of nitrogens with one attached hydrogen (secondary N) is 1. The number of hydrogen-bond donors (Lipinski definition) is 1. The fourth-order valence-corrected chi connectivity index (χ4v) is 3.03. The predicted molar refractivity (Wildman–Crippen MR) is 69.8 cm³/mol. The average Bonchev–Trinajstić information content (AvgIpc) is 2.64. The topological polar surface area (TPSA) is 18.5 Å². The molecule has 1 rings (SSSR count). The summed E-state index contributed by atoms with van der Waals surface area (Å²) < 4.78 is 0. The van der Waals surface area contributed by atoms with Crippen molar-refractivity contribution in [2.24, 2.45) is 0 Å². The molecule has 2 unspecified atom stereocenters. The zero-order chi connectivity index (χ0) is 11.3. The van der Waals surface area contributed by atoms with E-state index in [2.05, 4.69) is 42.5 Å². The molecule has 2 atom stereocenters. The molecule has 1 saturated heterocycles. The maximum Gasteiger partial charge on any atom is 0.0348 e. The summed E-state index contributed by atoms with van der Waals surface area (Å²) in [5.74, 6) is 0. The molecule has 1 heterocycles. The van der Waals surface area contributed by atoms with Gasteiger partial charge >= 0.3 is 0 Å². The van der Waals surface area contributed by atoms with E-state index in [4.69, 9.17) is 0 Å². The molecular weight excluding hydrogens is 206 g/mol. The normalized spacial score (nSPS) is 26.8. The Hall–Kier alpha value is 0.230. The van der Waals surface area contributed by atoms with Crippen LogP contribution in [0.4, 0.5) is 0 Å². The van der Waals surface area contributed by atoms with Gasteiger partial charge in [0.25, 0.3) is 0 Å². The Morgan fingerprint density at radius 3 is 2.53 bits per heavy atom. The molecule has 1 aliphatic heterocycles. The SMILES string of the molecule is CSC1CNCC1N(C)CCCN(C)C. The van der Waals surface area contributed by atoms with Gasteiger partial charge in [0.05, 0.1) is 0 Å². The summed E-state index contributed by atoms with van der Waals surface area (Å²) >= 11 is 1.99. The van der Waals surface area contributed by atoms with Crippen molar-refractivity contribution in [1.29, 1.82) is 0 Å². The molecule has 1 fully saturated rings. The van der Waals surface area contributed by atoms with E-state index in [0.29, 0.717) is 0 Å². The molecule has 0 aromatic carbocycles. The largest absolute Gasteiger partial charge is 0.314 e. The van der Waals surface area contributed by atoms with Crippen LogP contribution < -0.4 is 5.32 Å². The maximum absolute atomic E-state index is 3.48. The van der Waals surface area contributed by atoms with E-state index in [-0.39, 0.29) is 0 Å². The van der Waals surface area contributed by atoms with Crippen LogP contribution in [0.25, 0.3) is 0 Å². The van der Waals surface area contributed by atoms with Gasteiger partial charge in [-0.2, -0.15) is 11.8 Å². The Labute approximate surface area is 98.6 Å². The lowest BCUT2D eigenvalue weighted by Crippen LogP contribution is -2.40. The van der Waals surface area contributed by atoms with E-state index >= 15 is 0 Å². The number of thioether (sulfide) groups is 1. The molecule has 0 aromatic rings. The third kappa shape index (κ3) is 4.31. The van der Waals surface area contributed by atoms with Gasteiger partial charge in [0, 0.05) is 24.4 Å². The van der Waals surface area contributed by atoms with Gasteiger partial charge in [-0.3, -0.25) is 0 Å². The monoisotopic (exact) mass is 231 g/mol. The van der Waals surface area contributed by atoms with Crippen molar-refractivity contribution in [2.45, 2.75) is 17.7 Å². The summed E-state index contributed by atoms with van der Waals surface area (Å²) in [6.45, 7) is 4.73. The van der Waals surface area contributed by atoms with Gasteiger partial charge in [-0.1, -0.05) is 0 Å². The van der Waals surface area contributed by atoms with Gasteiger partial charge in [-0.05, 0) is 46.9 Å². The van der Waals surface area contributed by atoms with Crippen LogP contribution in [0.1, 0.15) is 6.42 Å². The van der Waals surface area contributed by atoms with Gasteiger partial charge < -0.3 is 15.1 Å². The number of likely N-dealkylation sites (N-methyl/N-ethyl adjacent to an activating group) is 1. The first-order chi connectivity index (χ1) is 7.15.